The van der Waals surface area contributed by atoms with Crippen LogP contribution >= 0.6 is 0 Å². The lowest BCUT2D eigenvalue weighted by Crippen LogP contribution is -2.42. The maximum atomic E-state index is 15.1. The van der Waals surface area contributed by atoms with Crippen molar-refractivity contribution in [3.8, 4) is 0 Å². The van der Waals surface area contributed by atoms with Crippen molar-refractivity contribution in [2.45, 2.75) is 39.7 Å². The Bertz CT molecular complexity index is 1220. The number of hydrogen-bond acceptors (Lipinski definition) is 4. The highest BCUT2D eigenvalue weighted by molar-refractivity contribution is 6.15. The largest absolute Gasteiger partial charge is 0.336 e. The van der Waals surface area contributed by atoms with E-state index in [1.54, 1.807) is 19.2 Å². The fraction of sp³-hybridized carbons (Fsp3) is 0.321. The molecule has 1 aliphatic carbocycles. The van der Waals surface area contributed by atoms with Crippen LogP contribution in [-0.2, 0) is 6.54 Å². The van der Waals surface area contributed by atoms with E-state index in [9.17, 15) is 13.6 Å². The van der Waals surface area contributed by atoms with Gasteiger partial charge in [-0.25, -0.2) is 18.0 Å². The number of urea groups is 1. The average Bonchev–Trinajstić information content (AvgIpc) is 3.62. The zero-order valence-electron chi connectivity index (χ0n) is 21.3. The summed E-state index contributed by atoms with van der Waals surface area (Å²) in [6, 6.07) is 11.6. The zero-order valence-corrected chi connectivity index (χ0v) is 21.3. The zero-order chi connectivity index (χ0) is 26.8. The third kappa shape index (κ3) is 7.16. The first kappa shape index (κ1) is 27.9. The van der Waals surface area contributed by atoms with Gasteiger partial charge >= 0.3 is 6.03 Å². The van der Waals surface area contributed by atoms with E-state index in [0.717, 1.165) is 17.6 Å². The predicted octanol–water partition coefficient (Wildman–Crippen LogP) is 5.94. The van der Waals surface area contributed by atoms with Crippen molar-refractivity contribution in [2.24, 2.45) is 10.2 Å². The minimum Gasteiger partial charge on any atom is -0.336 e. The molecule has 0 radical (unpaired) electrons. The molecule has 0 saturated heterocycles. The summed E-state index contributed by atoms with van der Waals surface area (Å²) in [4.78, 5) is 14.6. The van der Waals surface area contributed by atoms with Crippen molar-refractivity contribution in [3.05, 3.63) is 83.2 Å². The molecule has 0 unspecified atom stereocenters. The maximum absolute atomic E-state index is 15.1. The third-order valence-electron chi connectivity index (χ3n) is 5.77. The van der Waals surface area contributed by atoms with Crippen molar-refractivity contribution in [1.82, 2.24) is 10.6 Å². The highest BCUT2D eigenvalue weighted by Gasteiger charge is 2.23. The molecular formula is C28H32F3N5O. The van der Waals surface area contributed by atoms with Crippen LogP contribution < -0.4 is 15.5 Å². The molecule has 0 saturated carbocycles. The first-order valence-corrected chi connectivity index (χ1v) is 12.3. The van der Waals surface area contributed by atoms with E-state index in [2.05, 4.69) is 33.0 Å². The number of likely N-dealkylation sites (N-methyl/N-ethyl adjacent to an activating group) is 1. The number of halogens is 3. The van der Waals surface area contributed by atoms with Gasteiger partial charge in [-0.1, -0.05) is 56.3 Å². The van der Waals surface area contributed by atoms with E-state index in [4.69, 9.17) is 0 Å². The Labute approximate surface area is 215 Å². The van der Waals surface area contributed by atoms with Crippen LogP contribution in [0.3, 0.4) is 0 Å². The summed E-state index contributed by atoms with van der Waals surface area (Å²) in [5.41, 5.74) is 3.30. The van der Waals surface area contributed by atoms with Gasteiger partial charge in [-0.3, -0.25) is 4.90 Å². The number of hydrogen-bond donors (Lipinski definition) is 2. The van der Waals surface area contributed by atoms with Crippen molar-refractivity contribution >= 4 is 28.7 Å². The highest BCUT2D eigenvalue weighted by Crippen LogP contribution is 2.27. The summed E-state index contributed by atoms with van der Waals surface area (Å²) in [5.74, 6) is -0.554. The number of allylic oxidation sites excluding steroid dienone is 4. The number of alkyl halides is 2. The first-order valence-electron chi connectivity index (χ1n) is 12.3. The second-order valence-corrected chi connectivity index (χ2v) is 8.19. The van der Waals surface area contributed by atoms with Crippen molar-refractivity contribution in [2.75, 3.05) is 25.0 Å². The lowest BCUT2D eigenvalue weighted by Gasteiger charge is -2.24. The van der Waals surface area contributed by atoms with Crippen molar-refractivity contribution in [3.63, 3.8) is 0 Å². The summed E-state index contributed by atoms with van der Waals surface area (Å²) in [5, 5.41) is 13.1. The molecule has 0 atom stereocenters. The van der Waals surface area contributed by atoms with Crippen LogP contribution in [0.2, 0.25) is 0 Å². The second-order valence-electron chi connectivity index (χ2n) is 8.19. The van der Waals surface area contributed by atoms with E-state index < -0.39 is 12.2 Å². The number of nitrogens with zero attached hydrogens (tertiary/aromatic N) is 3. The Hall–Kier alpha value is -3.72. The van der Waals surface area contributed by atoms with Crippen LogP contribution in [-0.4, -0.2) is 44.0 Å². The Morgan fingerprint density at radius 2 is 1.89 bits per heavy atom. The standard InChI is InChI=1S/C26H26F3N5O.C2H6/c1-30-11-12-31-26(35)34(21-8-4-7-18(13-21)17-5-2-3-6-17)16-20-10-9-19(14-22(20)27)23-15-24(25(28)29)33-32-23;1-2/h2,4-10,13-14,25,30H,3,11-12,15-16H2,1H3,(H,31,35);1-2H3. The van der Waals surface area contributed by atoms with E-state index in [1.165, 1.54) is 11.0 Å². The van der Waals surface area contributed by atoms with Gasteiger partial charge in [-0.2, -0.15) is 10.2 Å². The molecule has 0 aromatic heterocycles. The summed E-state index contributed by atoms with van der Waals surface area (Å²) in [6.07, 6.45) is 4.24. The summed E-state index contributed by atoms with van der Waals surface area (Å²) >= 11 is 0. The van der Waals surface area contributed by atoms with Gasteiger partial charge in [-0.05, 0) is 42.8 Å². The van der Waals surface area contributed by atoms with Gasteiger partial charge < -0.3 is 10.6 Å². The molecule has 2 aliphatic rings. The average molecular weight is 512 g/mol. The molecule has 2 amide bonds. The smallest absolute Gasteiger partial charge is 0.322 e. The number of benzene rings is 2. The number of carbonyl (C=O) groups excluding carboxylic acids is 1. The maximum Gasteiger partial charge on any atom is 0.322 e. The minimum atomic E-state index is -2.69. The first-order chi connectivity index (χ1) is 18.0. The van der Waals surface area contributed by atoms with Gasteiger partial charge in [0.25, 0.3) is 6.43 Å². The molecule has 4 rings (SSSR count). The quantitative estimate of drug-likeness (QED) is 0.409. The topological polar surface area (TPSA) is 69.1 Å². The van der Waals surface area contributed by atoms with Gasteiger partial charge in [0, 0.05) is 36.3 Å². The van der Waals surface area contributed by atoms with Crippen molar-refractivity contribution < 1.29 is 18.0 Å². The molecule has 2 aromatic carbocycles. The van der Waals surface area contributed by atoms with Crippen LogP contribution in [0, 0.1) is 5.82 Å². The monoisotopic (exact) mass is 511 g/mol. The molecule has 196 valence electrons. The molecule has 37 heavy (non-hydrogen) atoms. The lowest BCUT2D eigenvalue weighted by molar-refractivity contribution is 0.224. The molecule has 0 bridgehead atoms. The van der Waals surface area contributed by atoms with E-state index in [0.29, 0.717) is 24.3 Å². The van der Waals surface area contributed by atoms with E-state index in [-0.39, 0.29) is 36.0 Å². The molecule has 6 nitrogen and oxygen atoms in total. The number of carbonyl (C=O) groups is 1. The van der Waals surface area contributed by atoms with Gasteiger partial charge in [-0.15, -0.1) is 0 Å². The number of nitrogens with one attached hydrogen (secondary N) is 2. The van der Waals surface area contributed by atoms with Crippen molar-refractivity contribution in [1.29, 1.82) is 0 Å². The molecule has 0 fully saturated rings. The molecule has 2 N–H and O–H groups in total. The van der Waals surface area contributed by atoms with Crippen LogP contribution in [0.4, 0.5) is 23.7 Å². The molecule has 1 aliphatic heterocycles. The fourth-order valence-electron chi connectivity index (χ4n) is 3.87. The van der Waals surface area contributed by atoms with Crippen LogP contribution in [0.5, 0.6) is 0 Å². The van der Waals surface area contributed by atoms with Gasteiger partial charge in [0.1, 0.15) is 11.5 Å². The van der Waals surface area contributed by atoms with E-state index in [1.807, 2.05) is 44.2 Å². The van der Waals surface area contributed by atoms with Gasteiger partial charge in [0.15, 0.2) is 0 Å². The van der Waals surface area contributed by atoms with E-state index >= 15 is 4.39 Å². The molecule has 0 spiro atoms. The van der Waals surface area contributed by atoms with Crippen LogP contribution in [0.15, 0.2) is 70.9 Å². The molecule has 9 heteroatoms. The Morgan fingerprint density at radius 1 is 1.08 bits per heavy atom. The highest BCUT2D eigenvalue weighted by atomic mass is 19.3. The Kier molecular flexibility index (Phi) is 10.2. The van der Waals surface area contributed by atoms with Crippen LogP contribution in [0.25, 0.3) is 5.57 Å². The van der Waals surface area contributed by atoms with Gasteiger partial charge in [0.2, 0.25) is 0 Å². The second kappa shape index (κ2) is 13.5. The minimum absolute atomic E-state index is 0.0128. The van der Waals surface area contributed by atoms with Crippen LogP contribution in [0.1, 0.15) is 43.4 Å². The SMILES string of the molecule is CC.CNCCNC(=O)N(Cc1ccc(C2=NN=C(C(F)F)C2)cc1F)c1cccc(C2=CCC=C2)c1. The lowest BCUT2D eigenvalue weighted by atomic mass is 10.0. The Morgan fingerprint density at radius 3 is 2.54 bits per heavy atom. The normalized spacial score (nSPS) is 14.1. The Balaban J connectivity index is 0.00000186. The third-order valence-corrected chi connectivity index (χ3v) is 5.77. The molecule has 2 aromatic rings. The molecular weight excluding hydrogens is 479 g/mol. The number of rotatable bonds is 9. The summed E-state index contributed by atoms with van der Waals surface area (Å²) < 4.78 is 40.8. The molecule has 1 heterocycles. The fourth-order valence-corrected chi connectivity index (χ4v) is 3.87. The number of anilines is 1. The van der Waals surface area contributed by atoms with Gasteiger partial charge in [0.05, 0.1) is 12.3 Å². The summed E-state index contributed by atoms with van der Waals surface area (Å²) in [6.45, 7) is 4.99. The predicted molar refractivity (Wildman–Crippen MR) is 144 cm³/mol. The number of amides is 2. The summed E-state index contributed by atoms with van der Waals surface area (Å²) in [7, 11) is 1.79.